The molecule has 0 spiro atoms. The van der Waals surface area contributed by atoms with Gasteiger partial charge in [-0.05, 0) is 62.4 Å². The van der Waals surface area contributed by atoms with Crippen molar-refractivity contribution in [1.29, 1.82) is 0 Å². The predicted octanol–water partition coefficient (Wildman–Crippen LogP) is 4.52. The van der Waals surface area contributed by atoms with E-state index in [1.165, 1.54) is 16.8 Å². The van der Waals surface area contributed by atoms with Crippen molar-refractivity contribution < 1.29 is 18.3 Å². The molecule has 0 amide bonds. The largest absolute Gasteiger partial charge is 0.421 e. The molecule has 1 unspecified atom stereocenters. The van der Waals surface area contributed by atoms with E-state index in [4.69, 9.17) is 0 Å². The Labute approximate surface area is 178 Å². The van der Waals surface area contributed by atoms with E-state index in [1.54, 1.807) is 6.92 Å². The number of aromatic nitrogens is 2. The Morgan fingerprint density at radius 1 is 1.33 bits per heavy atom. The molecule has 10 heteroatoms. The lowest BCUT2D eigenvalue weighted by molar-refractivity contribution is -0.137. The van der Waals surface area contributed by atoms with Gasteiger partial charge in [0.1, 0.15) is 11.4 Å². The predicted molar refractivity (Wildman–Crippen MR) is 113 cm³/mol. The van der Waals surface area contributed by atoms with Crippen LogP contribution in [0.3, 0.4) is 0 Å². The molecule has 2 aromatic rings. The number of nitrogens with zero attached hydrogens (tertiary/aromatic N) is 3. The lowest BCUT2D eigenvalue weighted by atomic mass is 9.95. The van der Waals surface area contributed by atoms with Crippen molar-refractivity contribution in [3.63, 3.8) is 0 Å². The second-order valence-electron chi connectivity index (χ2n) is 7.65. The average molecular weight is 442 g/mol. The van der Waals surface area contributed by atoms with Crippen LogP contribution in [0, 0.1) is 6.92 Å². The van der Waals surface area contributed by atoms with Gasteiger partial charge in [0.05, 0.1) is 5.60 Å². The molecule has 0 saturated carbocycles. The molecular formula is C20H26F3N5OS. The van der Waals surface area contributed by atoms with Crippen LogP contribution in [0.1, 0.15) is 37.8 Å². The van der Waals surface area contributed by atoms with Crippen LogP contribution < -0.4 is 14.9 Å². The van der Waals surface area contributed by atoms with Crippen LogP contribution in [0.2, 0.25) is 0 Å². The molecule has 0 aliphatic carbocycles. The number of hydrogen-bond donors (Lipinski definition) is 3. The molecule has 1 saturated heterocycles. The Morgan fingerprint density at radius 3 is 2.73 bits per heavy atom. The maximum absolute atomic E-state index is 13.6. The molecule has 164 valence electrons. The Morgan fingerprint density at radius 2 is 2.10 bits per heavy atom. The van der Waals surface area contributed by atoms with Crippen molar-refractivity contribution in [2.75, 3.05) is 29.9 Å². The van der Waals surface area contributed by atoms with Crippen LogP contribution in [-0.2, 0) is 6.18 Å². The van der Waals surface area contributed by atoms with Crippen LogP contribution in [0.25, 0.3) is 0 Å². The van der Waals surface area contributed by atoms with Gasteiger partial charge >= 0.3 is 6.18 Å². The Balaban J connectivity index is 1.89. The van der Waals surface area contributed by atoms with Crippen molar-refractivity contribution in [1.82, 2.24) is 14.7 Å². The number of nitrogens with one attached hydrogen (secondary N) is 2. The summed E-state index contributed by atoms with van der Waals surface area (Å²) >= 11 is 1.51. The molecular weight excluding hydrogens is 415 g/mol. The van der Waals surface area contributed by atoms with Crippen molar-refractivity contribution >= 4 is 29.4 Å². The molecule has 1 atom stereocenters. The summed E-state index contributed by atoms with van der Waals surface area (Å²) in [5.41, 5.74) is -0.327. The van der Waals surface area contributed by atoms with Crippen molar-refractivity contribution in [3.05, 3.63) is 35.5 Å². The summed E-state index contributed by atoms with van der Waals surface area (Å²) in [4.78, 5) is 10.6. The zero-order chi connectivity index (χ0) is 21.9. The number of β-amino-alcohol motifs (C(OH)–C–C–N with tert-alkyl or cyclic N) is 1. The number of rotatable bonds is 6. The van der Waals surface area contributed by atoms with E-state index in [-0.39, 0.29) is 18.3 Å². The van der Waals surface area contributed by atoms with E-state index in [0.29, 0.717) is 25.1 Å². The fraction of sp³-hybridized carbons (Fsp3) is 0.500. The number of alkyl halides is 3. The van der Waals surface area contributed by atoms with Crippen LogP contribution in [0.5, 0.6) is 0 Å². The Bertz CT molecular complexity index is 891. The smallest absolute Gasteiger partial charge is 0.388 e. The SMILES string of the molecule is CCNSc1ccc(Nc2ncc(C(F)(F)F)c(N3CCCC(C)(O)C3)n2)c(C)c1. The molecule has 6 nitrogen and oxygen atoms in total. The van der Waals surface area contributed by atoms with E-state index >= 15 is 0 Å². The minimum Gasteiger partial charge on any atom is -0.388 e. The van der Waals surface area contributed by atoms with Gasteiger partial charge < -0.3 is 15.3 Å². The summed E-state index contributed by atoms with van der Waals surface area (Å²) in [6.45, 7) is 6.85. The molecule has 1 fully saturated rings. The third-order valence-corrected chi connectivity index (χ3v) is 5.75. The van der Waals surface area contributed by atoms with Crippen LogP contribution in [-0.4, -0.2) is 40.3 Å². The van der Waals surface area contributed by atoms with Crippen molar-refractivity contribution in [2.45, 2.75) is 50.3 Å². The first-order chi connectivity index (χ1) is 14.1. The fourth-order valence-corrected chi connectivity index (χ4v) is 4.07. The fourth-order valence-electron chi connectivity index (χ4n) is 3.39. The summed E-state index contributed by atoms with van der Waals surface area (Å²) in [5.74, 6) is -0.129. The first-order valence-electron chi connectivity index (χ1n) is 9.78. The van der Waals surface area contributed by atoms with Gasteiger partial charge in [-0.25, -0.2) is 4.98 Å². The standard InChI is InChI=1S/C20H26F3N5OS/c1-4-25-30-14-6-7-16(13(2)10-14)26-18-24-11-15(20(21,22)23)17(27-18)28-9-5-8-19(3,29)12-28/h6-7,10-11,25,29H,4-5,8-9,12H2,1-3H3,(H,24,26,27). The van der Waals surface area contributed by atoms with Gasteiger partial charge in [-0.1, -0.05) is 6.92 Å². The molecule has 30 heavy (non-hydrogen) atoms. The number of aliphatic hydroxyl groups is 1. The van der Waals surface area contributed by atoms with E-state index in [1.807, 2.05) is 32.0 Å². The first kappa shape index (κ1) is 22.6. The summed E-state index contributed by atoms with van der Waals surface area (Å²) < 4.78 is 43.9. The van der Waals surface area contributed by atoms with Crippen LogP contribution in [0.15, 0.2) is 29.3 Å². The molecule has 0 radical (unpaired) electrons. The molecule has 3 rings (SSSR count). The maximum atomic E-state index is 13.6. The molecule has 1 aromatic carbocycles. The lowest BCUT2D eigenvalue weighted by Crippen LogP contribution is -2.47. The second kappa shape index (κ2) is 8.99. The monoisotopic (exact) mass is 441 g/mol. The van der Waals surface area contributed by atoms with E-state index < -0.39 is 17.3 Å². The third kappa shape index (κ3) is 5.55. The number of anilines is 3. The van der Waals surface area contributed by atoms with Gasteiger partial charge in [-0.3, -0.25) is 4.72 Å². The second-order valence-corrected chi connectivity index (χ2v) is 8.62. The average Bonchev–Trinajstić information content (AvgIpc) is 2.66. The minimum absolute atomic E-state index is 0.0819. The van der Waals surface area contributed by atoms with Gasteiger partial charge in [0.2, 0.25) is 5.95 Å². The topological polar surface area (TPSA) is 73.3 Å². The Hall–Kier alpha value is -2.04. The first-order valence-corrected chi connectivity index (χ1v) is 10.6. The summed E-state index contributed by atoms with van der Waals surface area (Å²) in [6, 6.07) is 5.74. The number of benzene rings is 1. The number of aryl methyl sites for hydroxylation is 1. The summed E-state index contributed by atoms with van der Waals surface area (Å²) in [6.07, 6.45) is -2.66. The number of piperidine rings is 1. The van der Waals surface area contributed by atoms with Crippen LogP contribution in [0.4, 0.5) is 30.6 Å². The van der Waals surface area contributed by atoms with Gasteiger partial charge in [0.25, 0.3) is 0 Å². The zero-order valence-electron chi connectivity index (χ0n) is 17.2. The van der Waals surface area contributed by atoms with Gasteiger partial charge in [-0.15, -0.1) is 0 Å². The molecule has 3 N–H and O–H groups in total. The third-order valence-electron chi connectivity index (χ3n) is 4.83. The van der Waals surface area contributed by atoms with Gasteiger partial charge in [0, 0.05) is 36.4 Å². The molecule has 1 aliphatic heterocycles. The van der Waals surface area contributed by atoms with E-state index in [9.17, 15) is 18.3 Å². The van der Waals surface area contributed by atoms with Crippen molar-refractivity contribution in [3.8, 4) is 0 Å². The van der Waals surface area contributed by atoms with Gasteiger partial charge in [-0.2, -0.15) is 18.2 Å². The summed E-state index contributed by atoms with van der Waals surface area (Å²) in [7, 11) is 0. The highest BCUT2D eigenvalue weighted by Gasteiger charge is 2.39. The number of hydrogen-bond acceptors (Lipinski definition) is 7. The highest BCUT2D eigenvalue weighted by atomic mass is 32.2. The molecule has 1 aromatic heterocycles. The zero-order valence-corrected chi connectivity index (χ0v) is 18.0. The van der Waals surface area contributed by atoms with Crippen LogP contribution >= 0.6 is 11.9 Å². The highest BCUT2D eigenvalue weighted by molar-refractivity contribution is 7.97. The molecule has 1 aliphatic rings. The maximum Gasteiger partial charge on any atom is 0.421 e. The normalized spacial score (nSPS) is 19.8. The van der Waals surface area contributed by atoms with Gasteiger partial charge in [0.15, 0.2) is 0 Å². The lowest BCUT2D eigenvalue weighted by Gasteiger charge is -2.38. The summed E-state index contributed by atoms with van der Waals surface area (Å²) in [5, 5.41) is 13.4. The highest BCUT2D eigenvalue weighted by Crippen LogP contribution is 2.37. The minimum atomic E-state index is -4.59. The number of halogens is 3. The van der Waals surface area contributed by atoms with E-state index in [2.05, 4.69) is 20.0 Å². The Kier molecular flexibility index (Phi) is 6.78. The molecule has 0 bridgehead atoms. The van der Waals surface area contributed by atoms with E-state index in [0.717, 1.165) is 23.2 Å². The van der Waals surface area contributed by atoms with Crippen molar-refractivity contribution in [2.24, 2.45) is 0 Å². The molecule has 2 heterocycles. The quantitative estimate of drug-likeness (QED) is 0.570.